The molecule has 2 heteroatoms. The summed E-state index contributed by atoms with van der Waals surface area (Å²) in [5.41, 5.74) is 12.2. The highest BCUT2D eigenvalue weighted by Gasteiger charge is 2.11. The van der Waals surface area contributed by atoms with Gasteiger partial charge in [0.2, 0.25) is 0 Å². The van der Waals surface area contributed by atoms with E-state index >= 15 is 0 Å². The third kappa shape index (κ3) is 2.01. The monoisotopic (exact) mass is 228 g/mol. The lowest BCUT2D eigenvalue weighted by Crippen LogP contribution is -2.04. The Bertz CT molecular complexity index is 524. The summed E-state index contributed by atoms with van der Waals surface area (Å²) in [5, 5.41) is 0. The van der Waals surface area contributed by atoms with Gasteiger partial charge < -0.3 is 10.3 Å². The van der Waals surface area contributed by atoms with Crippen LogP contribution in [0.15, 0.2) is 30.3 Å². The number of hydrogen-bond acceptors (Lipinski definition) is 1. The van der Waals surface area contributed by atoms with E-state index in [-0.39, 0.29) is 0 Å². The number of aromatic nitrogens is 1. The Morgan fingerprint density at radius 1 is 1.12 bits per heavy atom. The van der Waals surface area contributed by atoms with Crippen molar-refractivity contribution in [1.29, 1.82) is 0 Å². The molecule has 0 amide bonds. The van der Waals surface area contributed by atoms with Crippen LogP contribution in [-0.2, 0) is 13.0 Å². The van der Waals surface area contributed by atoms with E-state index in [2.05, 4.69) is 55.7 Å². The Labute approximate surface area is 103 Å². The fourth-order valence-corrected chi connectivity index (χ4v) is 2.43. The van der Waals surface area contributed by atoms with Crippen LogP contribution in [0, 0.1) is 13.8 Å². The molecule has 2 aromatic rings. The molecule has 1 aromatic heterocycles. The maximum Gasteiger partial charge on any atom is 0.0486 e. The molecule has 0 aliphatic heterocycles. The molecule has 0 atom stereocenters. The first-order valence-electron chi connectivity index (χ1n) is 6.15. The normalized spacial score (nSPS) is 10.8. The smallest absolute Gasteiger partial charge is 0.0486 e. The van der Waals surface area contributed by atoms with Gasteiger partial charge >= 0.3 is 0 Å². The van der Waals surface area contributed by atoms with Crippen LogP contribution in [0.4, 0.5) is 0 Å². The predicted octanol–water partition coefficient (Wildman–Crippen LogP) is 3.12. The number of para-hydroxylation sites is 1. The zero-order valence-electron chi connectivity index (χ0n) is 10.8. The molecular weight excluding hydrogens is 208 g/mol. The Balaban J connectivity index is 2.64. The third-order valence-electron chi connectivity index (χ3n) is 3.37. The molecule has 0 spiro atoms. The largest absolute Gasteiger partial charge is 0.326 e. The van der Waals surface area contributed by atoms with Gasteiger partial charge in [0.25, 0.3) is 0 Å². The number of benzene rings is 1. The highest BCUT2D eigenvalue weighted by atomic mass is 15.0. The number of hydrogen-bond donors (Lipinski definition) is 1. The number of nitrogens with zero attached hydrogens (tertiary/aromatic N) is 1. The molecule has 17 heavy (non-hydrogen) atoms. The number of aryl methyl sites for hydroxylation is 2. The van der Waals surface area contributed by atoms with E-state index in [9.17, 15) is 0 Å². The van der Waals surface area contributed by atoms with E-state index in [1.165, 1.54) is 28.2 Å². The summed E-state index contributed by atoms with van der Waals surface area (Å²) >= 11 is 0. The summed E-state index contributed by atoms with van der Waals surface area (Å²) in [6.45, 7) is 7.07. The van der Waals surface area contributed by atoms with Crippen LogP contribution in [-0.4, -0.2) is 4.57 Å². The fourth-order valence-electron chi connectivity index (χ4n) is 2.43. The summed E-state index contributed by atoms with van der Waals surface area (Å²) in [5.74, 6) is 0. The van der Waals surface area contributed by atoms with E-state index in [0.717, 1.165) is 6.42 Å². The average Bonchev–Trinajstić information content (AvgIpc) is 2.64. The Kier molecular flexibility index (Phi) is 3.34. The molecule has 1 aromatic carbocycles. The molecule has 1 heterocycles. The molecule has 0 bridgehead atoms. The van der Waals surface area contributed by atoms with Crippen LogP contribution in [0.3, 0.4) is 0 Å². The van der Waals surface area contributed by atoms with E-state index in [4.69, 9.17) is 5.73 Å². The van der Waals surface area contributed by atoms with Crippen molar-refractivity contribution in [2.75, 3.05) is 0 Å². The van der Waals surface area contributed by atoms with Crippen molar-refractivity contribution in [3.05, 3.63) is 52.8 Å². The van der Waals surface area contributed by atoms with Crippen molar-refractivity contribution in [3.8, 4) is 5.69 Å². The zero-order chi connectivity index (χ0) is 12.4. The van der Waals surface area contributed by atoms with Crippen LogP contribution >= 0.6 is 0 Å². The van der Waals surface area contributed by atoms with Gasteiger partial charge in [0, 0.05) is 23.6 Å². The van der Waals surface area contributed by atoms with Crippen LogP contribution in [0.25, 0.3) is 5.69 Å². The van der Waals surface area contributed by atoms with Crippen molar-refractivity contribution in [2.45, 2.75) is 33.7 Å². The lowest BCUT2D eigenvalue weighted by atomic mass is 10.1. The van der Waals surface area contributed by atoms with E-state index in [1.54, 1.807) is 0 Å². The van der Waals surface area contributed by atoms with Gasteiger partial charge in [0.1, 0.15) is 0 Å². The van der Waals surface area contributed by atoms with E-state index in [1.807, 2.05) is 0 Å². The van der Waals surface area contributed by atoms with E-state index in [0.29, 0.717) is 6.54 Å². The summed E-state index contributed by atoms with van der Waals surface area (Å²) in [4.78, 5) is 0. The highest BCUT2D eigenvalue weighted by Crippen LogP contribution is 2.23. The molecule has 0 aliphatic rings. The minimum atomic E-state index is 0.605. The second-order valence-corrected chi connectivity index (χ2v) is 4.42. The van der Waals surface area contributed by atoms with Crippen LogP contribution in [0.2, 0.25) is 0 Å². The topological polar surface area (TPSA) is 30.9 Å². The zero-order valence-corrected chi connectivity index (χ0v) is 10.8. The number of nitrogens with two attached hydrogens (primary N) is 1. The molecule has 0 unspecified atom stereocenters. The third-order valence-corrected chi connectivity index (χ3v) is 3.37. The van der Waals surface area contributed by atoms with Crippen LogP contribution < -0.4 is 5.73 Å². The quantitative estimate of drug-likeness (QED) is 0.859. The predicted molar refractivity (Wildman–Crippen MR) is 72.5 cm³/mol. The summed E-state index contributed by atoms with van der Waals surface area (Å²) in [6.07, 6.45) is 1.05. The van der Waals surface area contributed by atoms with Gasteiger partial charge in [0.15, 0.2) is 0 Å². The number of rotatable bonds is 3. The van der Waals surface area contributed by atoms with Crippen molar-refractivity contribution in [2.24, 2.45) is 5.73 Å². The van der Waals surface area contributed by atoms with Gasteiger partial charge in [-0.2, -0.15) is 0 Å². The first-order valence-corrected chi connectivity index (χ1v) is 6.15. The first-order chi connectivity index (χ1) is 8.19. The molecule has 0 saturated heterocycles. The maximum absolute atomic E-state index is 5.77. The second kappa shape index (κ2) is 4.76. The minimum Gasteiger partial charge on any atom is -0.326 e. The van der Waals surface area contributed by atoms with Gasteiger partial charge in [-0.25, -0.2) is 0 Å². The summed E-state index contributed by atoms with van der Waals surface area (Å²) in [6, 6.07) is 10.7. The molecule has 0 saturated carbocycles. The average molecular weight is 228 g/mol. The van der Waals surface area contributed by atoms with Crippen molar-refractivity contribution in [3.63, 3.8) is 0 Å². The van der Waals surface area contributed by atoms with Crippen LogP contribution in [0.5, 0.6) is 0 Å². The fraction of sp³-hybridized carbons (Fsp3) is 0.333. The summed E-state index contributed by atoms with van der Waals surface area (Å²) < 4.78 is 2.31. The molecule has 90 valence electrons. The summed E-state index contributed by atoms with van der Waals surface area (Å²) in [7, 11) is 0. The first kappa shape index (κ1) is 11.9. The minimum absolute atomic E-state index is 0.605. The van der Waals surface area contributed by atoms with Crippen molar-refractivity contribution in [1.82, 2.24) is 4.57 Å². The molecule has 0 fully saturated rings. The lowest BCUT2D eigenvalue weighted by Gasteiger charge is -2.14. The van der Waals surface area contributed by atoms with Gasteiger partial charge in [-0.3, -0.25) is 0 Å². The Hall–Kier alpha value is -1.54. The van der Waals surface area contributed by atoms with Crippen LogP contribution in [0.1, 0.15) is 29.4 Å². The van der Waals surface area contributed by atoms with Gasteiger partial charge in [-0.05, 0) is 43.5 Å². The second-order valence-electron chi connectivity index (χ2n) is 4.42. The molecule has 0 aliphatic carbocycles. The molecular formula is C15H20N2. The lowest BCUT2D eigenvalue weighted by molar-refractivity contribution is 0.921. The molecule has 0 radical (unpaired) electrons. The maximum atomic E-state index is 5.77. The van der Waals surface area contributed by atoms with Crippen molar-refractivity contribution < 1.29 is 0 Å². The molecule has 2 N–H and O–H groups in total. The van der Waals surface area contributed by atoms with Gasteiger partial charge in [-0.1, -0.05) is 25.1 Å². The molecule has 2 nitrogen and oxygen atoms in total. The van der Waals surface area contributed by atoms with E-state index < -0.39 is 0 Å². The van der Waals surface area contributed by atoms with Crippen molar-refractivity contribution >= 4 is 0 Å². The SMILES string of the molecule is CCc1ccccc1-n1c(C)cc(CN)c1C. The standard InChI is InChI=1S/C15H20N2/c1-4-13-7-5-6-8-15(13)17-11(2)9-14(10-16)12(17)3/h5-9H,4,10,16H2,1-3H3. The highest BCUT2D eigenvalue weighted by molar-refractivity contribution is 5.46. The Morgan fingerprint density at radius 3 is 2.41 bits per heavy atom. The molecule has 2 rings (SSSR count). The Morgan fingerprint density at radius 2 is 1.82 bits per heavy atom. The van der Waals surface area contributed by atoms with Gasteiger partial charge in [-0.15, -0.1) is 0 Å². The van der Waals surface area contributed by atoms with Gasteiger partial charge in [0.05, 0.1) is 0 Å².